The van der Waals surface area contributed by atoms with Gasteiger partial charge in [-0.15, -0.1) is 0 Å². The van der Waals surface area contributed by atoms with Crippen LogP contribution in [0.5, 0.6) is 11.5 Å². The fourth-order valence-corrected chi connectivity index (χ4v) is 7.50. The van der Waals surface area contributed by atoms with Gasteiger partial charge in [0.1, 0.15) is 17.5 Å². The molecule has 0 bridgehead atoms. The largest absolute Gasteiger partial charge is 0.494 e. The van der Waals surface area contributed by atoms with E-state index < -0.39 is 43.4 Å². The fraction of sp³-hybridized carbons (Fsp3) is 0.500. The van der Waals surface area contributed by atoms with Gasteiger partial charge in [0.15, 0.2) is 21.4 Å². The van der Waals surface area contributed by atoms with Crippen molar-refractivity contribution in [3.05, 3.63) is 47.8 Å². The first kappa shape index (κ1) is 28.2. The molecule has 12 heteroatoms. The first-order valence-corrected chi connectivity index (χ1v) is 15.4. The Balaban J connectivity index is 1.68. The Morgan fingerprint density at radius 1 is 1.11 bits per heavy atom. The highest BCUT2D eigenvalue weighted by atomic mass is 32.2. The SMILES string of the molecule is COc1cc(S(=O)(=O)N2C[C@H](CCS(=O)(=O)C3CC3)Oc3ccc(CC(=O)OC(C)(C)C)cc32)ccc1F. The molecule has 1 fully saturated rings. The van der Waals surface area contributed by atoms with Crippen molar-refractivity contribution in [2.75, 3.05) is 23.7 Å². The van der Waals surface area contributed by atoms with E-state index in [2.05, 4.69) is 0 Å². The first-order chi connectivity index (χ1) is 17.7. The molecule has 2 aromatic rings. The zero-order valence-electron chi connectivity index (χ0n) is 21.8. The Morgan fingerprint density at radius 3 is 2.45 bits per heavy atom. The molecule has 4 rings (SSSR count). The molecular formula is C26H32FNO8S2. The summed E-state index contributed by atoms with van der Waals surface area (Å²) in [6, 6.07) is 7.97. The van der Waals surface area contributed by atoms with E-state index in [0.717, 1.165) is 22.5 Å². The zero-order valence-corrected chi connectivity index (χ0v) is 23.4. The number of fused-ring (bicyclic) bond motifs is 1. The van der Waals surface area contributed by atoms with Crippen molar-refractivity contribution in [2.24, 2.45) is 0 Å². The van der Waals surface area contributed by atoms with Gasteiger partial charge < -0.3 is 14.2 Å². The summed E-state index contributed by atoms with van der Waals surface area (Å²) in [5, 5.41) is -0.333. The van der Waals surface area contributed by atoms with Gasteiger partial charge in [-0.2, -0.15) is 0 Å². The molecule has 0 spiro atoms. The lowest BCUT2D eigenvalue weighted by atomic mass is 10.1. The molecule has 1 heterocycles. The number of rotatable bonds is 9. The summed E-state index contributed by atoms with van der Waals surface area (Å²) >= 11 is 0. The van der Waals surface area contributed by atoms with Crippen LogP contribution in [0.1, 0.15) is 45.6 Å². The van der Waals surface area contributed by atoms with Crippen molar-refractivity contribution in [1.29, 1.82) is 0 Å². The average Bonchev–Trinajstić information content (AvgIpc) is 3.67. The lowest BCUT2D eigenvalue weighted by Gasteiger charge is -2.36. The van der Waals surface area contributed by atoms with Gasteiger partial charge >= 0.3 is 5.97 Å². The maximum atomic E-state index is 14.0. The van der Waals surface area contributed by atoms with Gasteiger partial charge in [-0.25, -0.2) is 21.2 Å². The highest BCUT2D eigenvalue weighted by Crippen LogP contribution is 2.39. The molecule has 0 radical (unpaired) electrons. The summed E-state index contributed by atoms with van der Waals surface area (Å²) in [4.78, 5) is 12.2. The number of esters is 1. The Kier molecular flexibility index (Phi) is 7.68. The molecule has 1 aliphatic carbocycles. The maximum Gasteiger partial charge on any atom is 0.310 e. The van der Waals surface area contributed by atoms with Gasteiger partial charge in [0.05, 0.1) is 41.7 Å². The molecule has 0 saturated heterocycles. The Morgan fingerprint density at radius 2 is 1.82 bits per heavy atom. The molecule has 9 nitrogen and oxygen atoms in total. The van der Waals surface area contributed by atoms with Crippen LogP contribution < -0.4 is 13.8 Å². The van der Waals surface area contributed by atoms with Crippen LogP contribution in [0.2, 0.25) is 0 Å². The average molecular weight is 570 g/mol. The topological polar surface area (TPSA) is 116 Å². The predicted octanol–water partition coefficient (Wildman–Crippen LogP) is 3.64. The van der Waals surface area contributed by atoms with Gasteiger partial charge in [-0.05, 0) is 69.9 Å². The second kappa shape index (κ2) is 10.4. The number of anilines is 1. The highest BCUT2D eigenvalue weighted by Gasteiger charge is 2.39. The Hall–Kier alpha value is -2.86. The third-order valence-electron chi connectivity index (χ3n) is 6.19. The quantitative estimate of drug-likeness (QED) is 0.421. The summed E-state index contributed by atoms with van der Waals surface area (Å²) in [7, 11) is -6.29. The number of sulfonamides is 1. The maximum absolute atomic E-state index is 14.0. The molecule has 1 saturated carbocycles. The van der Waals surface area contributed by atoms with E-state index >= 15 is 0 Å². The van der Waals surface area contributed by atoms with E-state index in [-0.39, 0.29) is 52.5 Å². The summed E-state index contributed by atoms with van der Waals surface area (Å²) < 4.78 is 84.0. The normalized spacial score (nSPS) is 17.9. The third-order valence-corrected chi connectivity index (χ3v) is 10.3. The number of hydrogen-bond donors (Lipinski definition) is 0. The molecule has 0 unspecified atom stereocenters. The number of sulfone groups is 1. The highest BCUT2D eigenvalue weighted by molar-refractivity contribution is 7.93. The van der Waals surface area contributed by atoms with Crippen LogP contribution >= 0.6 is 0 Å². The van der Waals surface area contributed by atoms with E-state index in [1.807, 2.05) is 0 Å². The summed E-state index contributed by atoms with van der Waals surface area (Å²) in [6.45, 7) is 5.09. The molecule has 0 N–H and O–H groups in total. The third kappa shape index (κ3) is 6.40. The molecule has 0 aromatic heterocycles. The van der Waals surface area contributed by atoms with Gasteiger partial charge in [0.2, 0.25) is 0 Å². The monoisotopic (exact) mass is 569 g/mol. The standard InChI is InChI=1S/C26H32FNO8S2/c1-26(2,3)36-25(29)14-17-5-10-23-22(13-17)28(16-18(35-23)11-12-37(30,31)19-6-7-19)38(32,33)20-8-9-21(27)24(15-20)34-4/h5,8-10,13,15,18-19H,6-7,11-12,14,16H2,1-4H3/t18-/m0/s1. The molecule has 1 atom stereocenters. The second-order valence-corrected chi connectivity index (χ2v) is 14.8. The second-order valence-electron chi connectivity index (χ2n) is 10.5. The number of halogens is 1. The van der Waals surface area contributed by atoms with Crippen LogP contribution in [0.25, 0.3) is 0 Å². The minimum atomic E-state index is -4.25. The van der Waals surface area contributed by atoms with Gasteiger partial charge in [0.25, 0.3) is 10.0 Å². The summed E-state index contributed by atoms with van der Waals surface area (Å²) in [6.07, 6.45) is 0.571. The van der Waals surface area contributed by atoms with Crippen molar-refractivity contribution >= 4 is 31.5 Å². The number of hydrogen-bond acceptors (Lipinski definition) is 8. The molecule has 2 aliphatic rings. The lowest BCUT2D eigenvalue weighted by Crippen LogP contribution is -2.44. The van der Waals surface area contributed by atoms with E-state index in [0.29, 0.717) is 18.4 Å². The van der Waals surface area contributed by atoms with Crippen LogP contribution in [0.4, 0.5) is 10.1 Å². The molecule has 208 valence electrons. The molecule has 0 amide bonds. The van der Waals surface area contributed by atoms with Crippen molar-refractivity contribution in [3.63, 3.8) is 0 Å². The Labute approximate surface area is 222 Å². The number of ether oxygens (including phenoxy) is 3. The Bertz CT molecular complexity index is 1430. The number of methoxy groups -OCH3 is 1. The van der Waals surface area contributed by atoms with E-state index in [9.17, 15) is 26.0 Å². The van der Waals surface area contributed by atoms with E-state index in [1.165, 1.54) is 13.2 Å². The van der Waals surface area contributed by atoms with Crippen LogP contribution in [0.15, 0.2) is 41.3 Å². The number of carbonyl (C=O) groups is 1. The number of carbonyl (C=O) groups excluding carboxylic acids is 1. The van der Waals surface area contributed by atoms with Gasteiger partial charge in [0, 0.05) is 6.07 Å². The number of nitrogens with zero attached hydrogens (tertiary/aromatic N) is 1. The fourth-order valence-electron chi connectivity index (χ4n) is 4.21. The van der Waals surface area contributed by atoms with Gasteiger partial charge in [-0.3, -0.25) is 9.10 Å². The van der Waals surface area contributed by atoms with Crippen LogP contribution in [0, 0.1) is 5.82 Å². The van der Waals surface area contributed by atoms with Crippen molar-refractivity contribution < 1.29 is 40.2 Å². The van der Waals surface area contributed by atoms with Crippen molar-refractivity contribution in [1.82, 2.24) is 0 Å². The first-order valence-electron chi connectivity index (χ1n) is 12.3. The van der Waals surface area contributed by atoms with E-state index in [4.69, 9.17) is 14.2 Å². The van der Waals surface area contributed by atoms with Gasteiger partial charge in [-0.1, -0.05) is 6.07 Å². The molecule has 38 heavy (non-hydrogen) atoms. The zero-order chi connectivity index (χ0) is 27.9. The minimum absolute atomic E-state index is 0.0914. The van der Waals surface area contributed by atoms with Crippen LogP contribution in [-0.4, -0.2) is 59.2 Å². The summed E-state index contributed by atoms with van der Waals surface area (Å²) in [5.74, 6) is -1.31. The van der Waals surface area contributed by atoms with Crippen molar-refractivity contribution in [3.8, 4) is 11.5 Å². The predicted molar refractivity (Wildman–Crippen MR) is 139 cm³/mol. The number of benzene rings is 2. The lowest BCUT2D eigenvalue weighted by molar-refractivity contribution is -0.153. The smallest absolute Gasteiger partial charge is 0.310 e. The van der Waals surface area contributed by atoms with Crippen LogP contribution in [0.3, 0.4) is 0 Å². The summed E-state index contributed by atoms with van der Waals surface area (Å²) in [5.41, 5.74) is 0.0169. The minimum Gasteiger partial charge on any atom is -0.494 e. The molecule has 1 aliphatic heterocycles. The van der Waals surface area contributed by atoms with Crippen LogP contribution in [-0.2, 0) is 35.8 Å². The molecular weight excluding hydrogens is 537 g/mol. The van der Waals surface area contributed by atoms with E-state index in [1.54, 1.807) is 32.9 Å². The molecule has 2 aromatic carbocycles. The van der Waals surface area contributed by atoms with Crippen molar-refractivity contribution in [2.45, 2.75) is 68.3 Å².